The van der Waals surface area contributed by atoms with Crippen LogP contribution in [0.15, 0.2) is 30.3 Å². The molecule has 0 atom stereocenters. The number of benzene rings is 1. The van der Waals surface area contributed by atoms with Crippen molar-refractivity contribution in [2.75, 3.05) is 13.2 Å². The molecular formula is C19H18F3N3O3S. The molecule has 0 aliphatic rings. The highest BCUT2D eigenvalue weighted by molar-refractivity contribution is 7.20. The van der Waals surface area contributed by atoms with E-state index in [-0.39, 0.29) is 4.88 Å². The molecule has 3 aromatic rings. The molecule has 6 nitrogen and oxygen atoms in total. The number of rotatable bonds is 6. The topological polar surface area (TPSA) is 73.2 Å². The molecule has 0 aliphatic carbocycles. The van der Waals surface area contributed by atoms with Gasteiger partial charge in [-0.1, -0.05) is 29.8 Å². The predicted octanol–water partition coefficient (Wildman–Crippen LogP) is 3.60. The van der Waals surface area contributed by atoms with Gasteiger partial charge in [0.1, 0.15) is 16.3 Å². The number of halogens is 3. The van der Waals surface area contributed by atoms with Gasteiger partial charge in [-0.05, 0) is 25.5 Å². The Morgan fingerprint density at radius 1 is 1.21 bits per heavy atom. The van der Waals surface area contributed by atoms with Crippen LogP contribution in [0.1, 0.15) is 26.5 Å². The number of nitrogens with one attached hydrogen (secondary N) is 1. The summed E-state index contributed by atoms with van der Waals surface area (Å²) in [6, 6.07) is 9.62. The number of ether oxygens (including phenoxy) is 1. The van der Waals surface area contributed by atoms with Gasteiger partial charge < -0.3 is 10.1 Å². The Bertz CT molecular complexity index is 1040. The Hall–Kier alpha value is -2.88. The SMILES string of the molecule is Cc1ccc(Cn2nc(C)c3cc(C(=O)OCC(=O)NCC(F)(F)F)sc32)cc1. The number of aryl methyl sites for hydroxylation is 2. The van der Waals surface area contributed by atoms with Crippen LogP contribution in [0.5, 0.6) is 0 Å². The number of nitrogens with zero attached hydrogens (tertiary/aromatic N) is 2. The molecule has 0 radical (unpaired) electrons. The first kappa shape index (κ1) is 20.8. The standard InChI is InChI=1S/C19H18F3N3O3S/c1-11-3-5-13(6-4-11)8-25-17-14(12(2)24-25)7-15(29-17)18(27)28-9-16(26)23-10-19(20,21)22/h3-7H,8-10H2,1-2H3,(H,23,26). The van der Waals surface area contributed by atoms with Crippen LogP contribution in [0.4, 0.5) is 13.2 Å². The molecule has 0 unspecified atom stereocenters. The summed E-state index contributed by atoms with van der Waals surface area (Å²) in [4.78, 5) is 24.6. The highest BCUT2D eigenvalue weighted by atomic mass is 32.1. The number of aromatic nitrogens is 2. The maximum absolute atomic E-state index is 12.2. The van der Waals surface area contributed by atoms with Crippen LogP contribution in [-0.2, 0) is 16.1 Å². The monoisotopic (exact) mass is 425 g/mol. The zero-order valence-corrected chi connectivity index (χ0v) is 16.5. The largest absolute Gasteiger partial charge is 0.451 e. The second-order valence-electron chi connectivity index (χ2n) is 6.53. The van der Waals surface area contributed by atoms with Gasteiger partial charge >= 0.3 is 12.1 Å². The van der Waals surface area contributed by atoms with Crippen molar-refractivity contribution < 1.29 is 27.5 Å². The summed E-state index contributed by atoms with van der Waals surface area (Å²) in [5.74, 6) is -1.78. The molecule has 0 spiro atoms. The third-order valence-corrected chi connectivity index (χ3v) is 5.21. The van der Waals surface area contributed by atoms with Crippen LogP contribution < -0.4 is 5.32 Å². The Morgan fingerprint density at radius 2 is 1.90 bits per heavy atom. The lowest BCUT2D eigenvalue weighted by Crippen LogP contribution is -2.36. The minimum atomic E-state index is -4.52. The lowest BCUT2D eigenvalue weighted by molar-refractivity contribution is -0.140. The van der Waals surface area contributed by atoms with E-state index < -0.39 is 31.2 Å². The van der Waals surface area contributed by atoms with Crippen molar-refractivity contribution in [1.29, 1.82) is 0 Å². The van der Waals surface area contributed by atoms with E-state index in [2.05, 4.69) is 5.10 Å². The Labute approximate surface area is 168 Å². The van der Waals surface area contributed by atoms with Crippen molar-refractivity contribution in [3.05, 3.63) is 52.0 Å². The maximum Gasteiger partial charge on any atom is 0.405 e. The van der Waals surface area contributed by atoms with E-state index in [0.717, 1.165) is 38.4 Å². The summed E-state index contributed by atoms with van der Waals surface area (Å²) in [7, 11) is 0. The number of fused-ring (bicyclic) bond motifs is 1. The van der Waals surface area contributed by atoms with E-state index in [0.29, 0.717) is 6.54 Å². The number of thiophene rings is 1. The Balaban J connectivity index is 1.68. The highest BCUT2D eigenvalue weighted by Crippen LogP contribution is 2.29. The summed E-state index contributed by atoms with van der Waals surface area (Å²) in [6.07, 6.45) is -4.52. The van der Waals surface area contributed by atoms with Crippen molar-refractivity contribution in [2.24, 2.45) is 0 Å². The van der Waals surface area contributed by atoms with Gasteiger partial charge in [0.05, 0.1) is 12.2 Å². The molecule has 1 aromatic carbocycles. The number of carbonyl (C=O) groups is 2. The Morgan fingerprint density at radius 3 is 2.55 bits per heavy atom. The smallest absolute Gasteiger partial charge is 0.405 e. The third-order valence-electron chi connectivity index (χ3n) is 4.08. The molecule has 1 amide bonds. The molecule has 29 heavy (non-hydrogen) atoms. The molecule has 154 valence electrons. The second-order valence-corrected chi connectivity index (χ2v) is 7.56. The number of esters is 1. The molecule has 0 fully saturated rings. The van der Waals surface area contributed by atoms with E-state index in [1.807, 2.05) is 38.1 Å². The molecule has 0 aliphatic heterocycles. The van der Waals surface area contributed by atoms with Crippen molar-refractivity contribution >= 4 is 33.4 Å². The zero-order valence-electron chi connectivity index (χ0n) is 15.7. The van der Waals surface area contributed by atoms with Crippen molar-refractivity contribution in [1.82, 2.24) is 15.1 Å². The van der Waals surface area contributed by atoms with Crippen LogP contribution in [0.25, 0.3) is 10.2 Å². The van der Waals surface area contributed by atoms with E-state index >= 15 is 0 Å². The van der Waals surface area contributed by atoms with Gasteiger partial charge in [-0.3, -0.25) is 9.48 Å². The van der Waals surface area contributed by atoms with E-state index in [1.54, 1.807) is 16.1 Å². The first-order valence-electron chi connectivity index (χ1n) is 8.65. The molecule has 0 bridgehead atoms. The molecular weight excluding hydrogens is 407 g/mol. The average Bonchev–Trinajstić information content (AvgIpc) is 3.21. The first-order chi connectivity index (χ1) is 13.6. The number of hydrogen-bond acceptors (Lipinski definition) is 5. The molecule has 3 rings (SSSR count). The van der Waals surface area contributed by atoms with Gasteiger partial charge in [-0.25, -0.2) is 4.79 Å². The fourth-order valence-electron chi connectivity index (χ4n) is 2.64. The van der Waals surface area contributed by atoms with Gasteiger partial charge in [-0.15, -0.1) is 11.3 Å². The molecule has 1 N–H and O–H groups in total. The molecule has 10 heteroatoms. The zero-order chi connectivity index (χ0) is 21.2. The molecule has 0 saturated carbocycles. The summed E-state index contributed by atoms with van der Waals surface area (Å²) in [5.41, 5.74) is 2.94. The lowest BCUT2D eigenvalue weighted by Gasteiger charge is -2.08. The van der Waals surface area contributed by atoms with E-state index in [1.165, 1.54) is 0 Å². The van der Waals surface area contributed by atoms with Crippen LogP contribution in [0.2, 0.25) is 0 Å². The molecule has 2 heterocycles. The number of amides is 1. The van der Waals surface area contributed by atoms with Crippen molar-refractivity contribution in [3.63, 3.8) is 0 Å². The minimum absolute atomic E-state index is 0.252. The summed E-state index contributed by atoms with van der Waals surface area (Å²) in [6.45, 7) is 2.10. The van der Waals surface area contributed by atoms with Gasteiger partial charge in [-0.2, -0.15) is 18.3 Å². The van der Waals surface area contributed by atoms with Crippen molar-refractivity contribution in [3.8, 4) is 0 Å². The third kappa shape index (κ3) is 5.35. The second kappa shape index (κ2) is 8.24. The first-order valence-corrected chi connectivity index (χ1v) is 9.47. The van der Waals surface area contributed by atoms with Crippen LogP contribution >= 0.6 is 11.3 Å². The van der Waals surface area contributed by atoms with Crippen LogP contribution in [0.3, 0.4) is 0 Å². The molecule has 0 saturated heterocycles. The van der Waals surface area contributed by atoms with Crippen LogP contribution in [0, 0.1) is 13.8 Å². The normalized spacial score (nSPS) is 11.6. The van der Waals surface area contributed by atoms with E-state index in [9.17, 15) is 22.8 Å². The van der Waals surface area contributed by atoms with Gasteiger partial charge in [0.15, 0.2) is 6.61 Å². The quantitative estimate of drug-likeness (QED) is 0.613. The number of hydrogen-bond donors (Lipinski definition) is 1. The minimum Gasteiger partial charge on any atom is -0.451 e. The fraction of sp³-hybridized carbons (Fsp3) is 0.316. The van der Waals surface area contributed by atoms with Gasteiger partial charge in [0.2, 0.25) is 0 Å². The average molecular weight is 425 g/mol. The number of alkyl halides is 3. The highest BCUT2D eigenvalue weighted by Gasteiger charge is 2.28. The van der Waals surface area contributed by atoms with Crippen LogP contribution in [-0.4, -0.2) is 41.0 Å². The maximum atomic E-state index is 12.2. The molecule has 2 aromatic heterocycles. The Kier molecular flexibility index (Phi) is 5.92. The summed E-state index contributed by atoms with van der Waals surface area (Å²) in [5, 5.41) is 6.93. The fourth-order valence-corrected chi connectivity index (χ4v) is 3.69. The van der Waals surface area contributed by atoms with E-state index in [4.69, 9.17) is 4.74 Å². The lowest BCUT2D eigenvalue weighted by atomic mass is 10.1. The van der Waals surface area contributed by atoms with Gasteiger partial charge in [0, 0.05) is 5.39 Å². The van der Waals surface area contributed by atoms with Crippen molar-refractivity contribution in [2.45, 2.75) is 26.6 Å². The number of carbonyl (C=O) groups excluding carboxylic acids is 2. The summed E-state index contributed by atoms with van der Waals surface area (Å²) < 4.78 is 42.9. The van der Waals surface area contributed by atoms with Gasteiger partial charge in [0.25, 0.3) is 5.91 Å². The summed E-state index contributed by atoms with van der Waals surface area (Å²) >= 11 is 1.16. The predicted molar refractivity (Wildman–Crippen MR) is 102 cm³/mol.